The van der Waals surface area contributed by atoms with Crippen LogP contribution in [0.3, 0.4) is 0 Å². The molecule has 2 rings (SSSR count). The fraction of sp³-hybridized carbons (Fsp3) is 0.222. The summed E-state index contributed by atoms with van der Waals surface area (Å²) in [4.78, 5) is 4.02. The summed E-state index contributed by atoms with van der Waals surface area (Å²) in [6, 6.07) is 4.01. The van der Waals surface area contributed by atoms with E-state index in [1.54, 1.807) is 6.20 Å². The molecule has 1 aromatic heterocycles. The van der Waals surface area contributed by atoms with Gasteiger partial charge >= 0.3 is 0 Å². The van der Waals surface area contributed by atoms with Gasteiger partial charge in [-0.15, -0.1) is 0 Å². The molecule has 0 spiro atoms. The van der Waals surface area contributed by atoms with Crippen molar-refractivity contribution >= 4 is 6.08 Å². The van der Waals surface area contributed by atoms with Gasteiger partial charge in [0.1, 0.15) is 0 Å². The molecular formula is C9H10N2. The summed E-state index contributed by atoms with van der Waals surface area (Å²) >= 11 is 0. The number of hydrogen-bond donors (Lipinski definition) is 1. The fourth-order valence-electron chi connectivity index (χ4n) is 1.06. The van der Waals surface area contributed by atoms with Crippen LogP contribution in [0.1, 0.15) is 12.0 Å². The highest BCUT2D eigenvalue weighted by molar-refractivity contribution is 5.52. The van der Waals surface area contributed by atoms with E-state index in [9.17, 15) is 0 Å². The van der Waals surface area contributed by atoms with Gasteiger partial charge in [0.2, 0.25) is 0 Å². The van der Waals surface area contributed by atoms with Crippen molar-refractivity contribution in [3.63, 3.8) is 0 Å². The van der Waals surface area contributed by atoms with E-state index >= 15 is 0 Å². The zero-order valence-corrected chi connectivity index (χ0v) is 6.25. The Bertz CT molecular complexity index is 258. The minimum Gasteiger partial charge on any atom is -0.388 e. The van der Waals surface area contributed by atoms with E-state index in [2.05, 4.69) is 22.4 Å². The number of aromatic nitrogens is 1. The van der Waals surface area contributed by atoms with Gasteiger partial charge in [0.25, 0.3) is 0 Å². The number of hydrogen-bond acceptors (Lipinski definition) is 2. The maximum Gasteiger partial charge on any atom is 0.0340 e. The predicted octanol–water partition coefficient (Wildman–Crippen LogP) is 1.42. The first-order valence-corrected chi connectivity index (χ1v) is 3.79. The van der Waals surface area contributed by atoms with E-state index in [0.29, 0.717) is 0 Å². The molecule has 0 aromatic carbocycles. The Morgan fingerprint density at radius 1 is 1.55 bits per heavy atom. The summed E-state index contributed by atoms with van der Waals surface area (Å²) < 4.78 is 0. The number of rotatable bonds is 1. The monoisotopic (exact) mass is 146 g/mol. The second kappa shape index (κ2) is 2.74. The van der Waals surface area contributed by atoms with Crippen LogP contribution in [0.15, 0.2) is 30.2 Å². The van der Waals surface area contributed by atoms with Gasteiger partial charge in [-0.2, -0.15) is 0 Å². The minimum absolute atomic E-state index is 1.12. The quantitative estimate of drug-likeness (QED) is 0.648. The molecule has 56 valence electrons. The molecule has 2 heteroatoms. The van der Waals surface area contributed by atoms with Crippen LogP contribution in [-0.2, 0) is 0 Å². The SMILES string of the molecule is C(=C1CCN1)c1cccnc1. The molecular weight excluding hydrogens is 136 g/mol. The normalized spacial score (nSPS) is 19.1. The summed E-state index contributed by atoms with van der Waals surface area (Å²) in [5, 5.41) is 3.23. The molecule has 1 fully saturated rings. The van der Waals surface area contributed by atoms with Crippen molar-refractivity contribution in [2.45, 2.75) is 6.42 Å². The van der Waals surface area contributed by atoms with Gasteiger partial charge in [-0.3, -0.25) is 4.98 Å². The van der Waals surface area contributed by atoms with Gasteiger partial charge in [0.05, 0.1) is 0 Å². The van der Waals surface area contributed by atoms with Gasteiger partial charge in [-0.05, 0) is 17.7 Å². The van der Waals surface area contributed by atoms with E-state index in [1.165, 1.54) is 17.7 Å². The van der Waals surface area contributed by atoms with Crippen molar-refractivity contribution < 1.29 is 0 Å². The summed E-state index contributed by atoms with van der Waals surface area (Å²) in [6.07, 6.45) is 6.97. The molecule has 0 radical (unpaired) electrons. The lowest BCUT2D eigenvalue weighted by atomic mass is 10.1. The summed E-state index contributed by atoms with van der Waals surface area (Å²) in [5.41, 5.74) is 2.49. The molecule has 0 amide bonds. The van der Waals surface area contributed by atoms with Crippen molar-refractivity contribution in [1.29, 1.82) is 0 Å². The van der Waals surface area contributed by atoms with Crippen LogP contribution in [0, 0.1) is 0 Å². The molecule has 2 nitrogen and oxygen atoms in total. The zero-order valence-electron chi connectivity index (χ0n) is 6.25. The van der Waals surface area contributed by atoms with E-state index < -0.39 is 0 Å². The van der Waals surface area contributed by atoms with E-state index in [-0.39, 0.29) is 0 Å². The van der Waals surface area contributed by atoms with Crippen LogP contribution in [-0.4, -0.2) is 11.5 Å². The summed E-state index contributed by atoms with van der Waals surface area (Å²) in [7, 11) is 0. The Morgan fingerprint density at radius 3 is 3.00 bits per heavy atom. The van der Waals surface area contributed by atoms with Crippen molar-refractivity contribution in [2.24, 2.45) is 0 Å². The molecule has 0 unspecified atom stereocenters. The van der Waals surface area contributed by atoms with Crippen LogP contribution in [0.4, 0.5) is 0 Å². The lowest BCUT2D eigenvalue weighted by Crippen LogP contribution is -2.27. The Kier molecular flexibility index (Phi) is 1.60. The molecule has 0 bridgehead atoms. The average molecular weight is 146 g/mol. The van der Waals surface area contributed by atoms with Gasteiger partial charge < -0.3 is 5.32 Å². The third-order valence-corrected chi connectivity index (χ3v) is 1.77. The predicted molar refractivity (Wildman–Crippen MR) is 44.8 cm³/mol. The third-order valence-electron chi connectivity index (χ3n) is 1.77. The molecule has 1 N–H and O–H groups in total. The lowest BCUT2D eigenvalue weighted by Gasteiger charge is -2.19. The van der Waals surface area contributed by atoms with E-state index in [0.717, 1.165) is 6.54 Å². The topological polar surface area (TPSA) is 24.9 Å². The van der Waals surface area contributed by atoms with Crippen molar-refractivity contribution in [2.75, 3.05) is 6.54 Å². The largest absolute Gasteiger partial charge is 0.388 e. The second-order valence-corrected chi connectivity index (χ2v) is 2.63. The second-order valence-electron chi connectivity index (χ2n) is 2.63. The molecule has 1 saturated heterocycles. The number of nitrogens with one attached hydrogen (secondary N) is 1. The molecule has 11 heavy (non-hydrogen) atoms. The summed E-state index contributed by atoms with van der Waals surface area (Å²) in [6.45, 7) is 1.12. The Morgan fingerprint density at radius 2 is 2.45 bits per heavy atom. The minimum atomic E-state index is 1.12. The average Bonchev–Trinajstić information content (AvgIpc) is 1.99. The number of pyridine rings is 1. The van der Waals surface area contributed by atoms with Crippen LogP contribution in [0.2, 0.25) is 0 Å². The molecule has 0 atom stereocenters. The van der Waals surface area contributed by atoms with Crippen molar-refractivity contribution in [1.82, 2.24) is 10.3 Å². The lowest BCUT2D eigenvalue weighted by molar-refractivity contribution is 0.641. The highest BCUT2D eigenvalue weighted by atomic mass is 14.9. The Labute approximate surface area is 66.0 Å². The first-order chi connectivity index (χ1) is 5.45. The van der Waals surface area contributed by atoms with Crippen LogP contribution in [0.25, 0.3) is 6.08 Å². The van der Waals surface area contributed by atoms with Crippen LogP contribution < -0.4 is 5.32 Å². The first kappa shape index (κ1) is 6.40. The highest BCUT2D eigenvalue weighted by Crippen LogP contribution is 2.11. The van der Waals surface area contributed by atoms with E-state index in [1.807, 2.05) is 12.3 Å². The Hall–Kier alpha value is -1.31. The van der Waals surface area contributed by atoms with Crippen molar-refractivity contribution in [3.05, 3.63) is 35.8 Å². The standard InChI is InChI=1S/C9H10N2/c1-2-8(7-10-4-1)6-9-3-5-11-9/h1-2,4,6-7,11H,3,5H2. The molecule has 2 heterocycles. The first-order valence-electron chi connectivity index (χ1n) is 3.79. The van der Waals surface area contributed by atoms with Gasteiger partial charge in [-0.1, -0.05) is 6.07 Å². The third kappa shape index (κ3) is 1.40. The van der Waals surface area contributed by atoms with Gasteiger partial charge in [0.15, 0.2) is 0 Å². The van der Waals surface area contributed by atoms with Gasteiger partial charge in [0, 0.05) is 31.1 Å². The van der Waals surface area contributed by atoms with E-state index in [4.69, 9.17) is 0 Å². The molecule has 0 aliphatic carbocycles. The molecule has 0 saturated carbocycles. The van der Waals surface area contributed by atoms with Crippen LogP contribution >= 0.6 is 0 Å². The zero-order chi connectivity index (χ0) is 7.52. The molecule has 1 aliphatic rings. The number of nitrogens with zero attached hydrogens (tertiary/aromatic N) is 1. The Balaban J connectivity index is 2.17. The molecule has 1 aromatic rings. The van der Waals surface area contributed by atoms with Crippen molar-refractivity contribution in [3.8, 4) is 0 Å². The smallest absolute Gasteiger partial charge is 0.0340 e. The maximum atomic E-state index is 4.02. The maximum absolute atomic E-state index is 4.02. The summed E-state index contributed by atoms with van der Waals surface area (Å²) in [5.74, 6) is 0. The van der Waals surface area contributed by atoms with Crippen LogP contribution in [0.5, 0.6) is 0 Å². The fourth-order valence-corrected chi connectivity index (χ4v) is 1.06. The highest BCUT2D eigenvalue weighted by Gasteiger charge is 2.05. The molecule has 1 aliphatic heterocycles. The van der Waals surface area contributed by atoms with Gasteiger partial charge in [-0.25, -0.2) is 0 Å².